The molecule has 2 rings (SSSR count). The largest absolute Gasteiger partial charge is 0.387 e. The summed E-state index contributed by atoms with van der Waals surface area (Å²) in [6.07, 6.45) is -0.756. The Morgan fingerprint density at radius 3 is 2.71 bits per heavy atom. The van der Waals surface area contributed by atoms with Crippen molar-refractivity contribution in [2.24, 2.45) is 0 Å². The Balaban J connectivity index is 2.06. The van der Waals surface area contributed by atoms with Gasteiger partial charge < -0.3 is 10.4 Å². The molecule has 6 heteroatoms. The minimum Gasteiger partial charge on any atom is -0.387 e. The molecule has 0 radical (unpaired) electrons. The van der Waals surface area contributed by atoms with E-state index in [2.05, 4.69) is 10.4 Å². The smallest absolute Gasteiger partial charge is 0.271 e. The zero-order valence-electron chi connectivity index (χ0n) is 12.0. The van der Waals surface area contributed by atoms with E-state index in [0.29, 0.717) is 23.0 Å². The van der Waals surface area contributed by atoms with Crippen molar-refractivity contribution < 1.29 is 9.90 Å². The van der Waals surface area contributed by atoms with E-state index in [1.807, 2.05) is 37.3 Å². The molecule has 2 N–H and O–H groups in total. The Morgan fingerprint density at radius 1 is 1.43 bits per heavy atom. The Kier molecular flexibility index (Phi) is 4.98. The predicted molar refractivity (Wildman–Crippen MR) is 81.4 cm³/mol. The number of hydrogen-bond donors (Lipinski definition) is 2. The van der Waals surface area contributed by atoms with Crippen LogP contribution in [0.1, 0.15) is 34.8 Å². The number of halogens is 1. The van der Waals surface area contributed by atoms with Crippen molar-refractivity contribution in [1.29, 1.82) is 0 Å². The van der Waals surface area contributed by atoms with Gasteiger partial charge in [0.1, 0.15) is 5.69 Å². The minimum absolute atomic E-state index is 0.118. The highest BCUT2D eigenvalue weighted by Gasteiger charge is 2.20. The molecule has 5 nitrogen and oxygen atoms in total. The lowest BCUT2D eigenvalue weighted by Crippen LogP contribution is -2.30. The van der Waals surface area contributed by atoms with E-state index < -0.39 is 6.10 Å². The summed E-state index contributed by atoms with van der Waals surface area (Å²) in [5.74, 6) is -0.336. The van der Waals surface area contributed by atoms with Gasteiger partial charge in [0.25, 0.3) is 5.91 Å². The van der Waals surface area contributed by atoms with Gasteiger partial charge in [0.05, 0.1) is 16.8 Å². The number of aromatic nitrogens is 2. The number of carbonyl (C=O) groups is 1. The van der Waals surface area contributed by atoms with Gasteiger partial charge >= 0.3 is 0 Å². The summed E-state index contributed by atoms with van der Waals surface area (Å²) in [5, 5.41) is 17.3. The summed E-state index contributed by atoms with van der Waals surface area (Å²) < 4.78 is 1.56. The lowest BCUT2D eigenvalue weighted by molar-refractivity contribution is 0.0906. The summed E-state index contributed by atoms with van der Waals surface area (Å²) in [6, 6.07) is 9.17. The highest BCUT2D eigenvalue weighted by atomic mass is 35.5. The fourth-order valence-electron chi connectivity index (χ4n) is 2.07. The molecular formula is C15H18ClN3O2. The Bertz CT molecular complexity index is 625. The highest BCUT2D eigenvalue weighted by molar-refractivity contribution is 6.34. The van der Waals surface area contributed by atoms with Gasteiger partial charge in [-0.2, -0.15) is 5.10 Å². The van der Waals surface area contributed by atoms with E-state index in [1.54, 1.807) is 11.6 Å². The number of nitrogens with zero attached hydrogens (tertiary/aromatic N) is 2. The normalized spacial score (nSPS) is 12.2. The zero-order valence-corrected chi connectivity index (χ0v) is 12.8. The third-order valence-electron chi connectivity index (χ3n) is 3.21. The molecule has 1 unspecified atom stereocenters. The van der Waals surface area contributed by atoms with Gasteiger partial charge in [-0.25, -0.2) is 0 Å². The SMILES string of the molecule is CCn1nc(C)c(Cl)c1C(=O)NCC(O)c1ccccc1. The zero-order chi connectivity index (χ0) is 15.4. The molecule has 112 valence electrons. The number of aliphatic hydroxyl groups is 1. The molecule has 0 aliphatic rings. The van der Waals surface area contributed by atoms with E-state index >= 15 is 0 Å². The van der Waals surface area contributed by atoms with Crippen molar-refractivity contribution in [1.82, 2.24) is 15.1 Å². The lowest BCUT2D eigenvalue weighted by Gasteiger charge is -2.12. The lowest BCUT2D eigenvalue weighted by atomic mass is 10.1. The molecule has 0 spiro atoms. The predicted octanol–water partition coefficient (Wildman–Crippen LogP) is 2.33. The monoisotopic (exact) mass is 307 g/mol. The number of rotatable bonds is 5. The molecule has 21 heavy (non-hydrogen) atoms. The van der Waals surface area contributed by atoms with Crippen molar-refractivity contribution in [3.63, 3.8) is 0 Å². The molecule has 1 amide bonds. The number of nitrogens with one attached hydrogen (secondary N) is 1. The van der Waals surface area contributed by atoms with E-state index in [1.165, 1.54) is 0 Å². The molecule has 1 aromatic carbocycles. The van der Waals surface area contributed by atoms with Crippen LogP contribution in [0.2, 0.25) is 5.02 Å². The van der Waals surface area contributed by atoms with Gasteiger partial charge in [-0.1, -0.05) is 41.9 Å². The average molecular weight is 308 g/mol. The molecule has 0 aliphatic heterocycles. The quantitative estimate of drug-likeness (QED) is 0.891. The third-order valence-corrected chi connectivity index (χ3v) is 3.66. The van der Waals surface area contributed by atoms with Crippen molar-refractivity contribution >= 4 is 17.5 Å². The van der Waals surface area contributed by atoms with Crippen molar-refractivity contribution in [2.45, 2.75) is 26.5 Å². The van der Waals surface area contributed by atoms with E-state index in [0.717, 1.165) is 5.56 Å². The average Bonchev–Trinajstić information content (AvgIpc) is 2.80. The molecule has 0 bridgehead atoms. The van der Waals surface area contributed by atoms with Crippen LogP contribution in [0.4, 0.5) is 0 Å². The first kappa shape index (κ1) is 15.5. The maximum atomic E-state index is 12.2. The molecular weight excluding hydrogens is 290 g/mol. The molecule has 0 aliphatic carbocycles. The summed E-state index contributed by atoms with van der Waals surface area (Å²) in [4.78, 5) is 12.2. The minimum atomic E-state index is -0.756. The fraction of sp³-hybridized carbons (Fsp3) is 0.333. The van der Waals surface area contributed by atoms with Crippen LogP contribution in [0.25, 0.3) is 0 Å². The summed E-state index contributed by atoms with van der Waals surface area (Å²) >= 11 is 6.11. The molecule has 1 aromatic heterocycles. The number of hydrogen-bond acceptors (Lipinski definition) is 3. The second-order valence-electron chi connectivity index (χ2n) is 4.70. The van der Waals surface area contributed by atoms with Crippen molar-refractivity contribution in [2.75, 3.05) is 6.54 Å². The van der Waals surface area contributed by atoms with Crippen molar-refractivity contribution in [3.8, 4) is 0 Å². The second kappa shape index (κ2) is 6.74. The van der Waals surface area contributed by atoms with Gasteiger partial charge in [0.2, 0.25) is 0 Å². The Hall–Kier alpha value is -1.85. The van der Waals surface area contributed by atoms with Gasteiger partial charge in [0, 0.05) is 13.1 Å². The molecule has 0 fully saturated rings. The van der Waals surface area contributed by atoms with Gasteiger partial charge in [-0.3, -0.25) is 9.48 Å². The summed E-state index contributed by atoms with van der Waals surface area (Å²) in [7, 11) is 0. The maximum absolute atomic E-state index is 12.2. The number of aryl methyl sites for hydroxylation is 2. The van der Waals surface area contributed by atoms with Crippen LogP contribution in [0.3, 0.4) is 0 Å². The topological polar surface area (TPSA) is 67.2 Å². The van der Waals surface area contributed by atoms with Crippen LogP contribution in [-0.2, 0) is 6.54 Å². The number of aliphatic hydroxyl groups excluding tert-OH is 1. The molecule has 0 saturated heterocycles. The first-order valence-corrected chi connectivity index (χ1v) is 7.16. The molecule has 1 heterocycles. The van der Waals surface area contributed by atoms with Crippen LogP contribution >= 0.6 is 11.6 Å². The molecule has 1 atom stereocenters. The summed E-state index contributed by atoms with van der Waals surface area (Å²) in [6.45, 7) is 4.31. The Labute approximate surface area is 128 Å². The van der Waals surface area contributed by atoms with E-state index in [9.17, 15) is 9.90 Å². The number of amides is 1. The van der Waals surface area contributed by atoms with Gasteiger partial charge in [0.15, 0.2) is 0 Å². The van der Waals surface area contributed by atoms with Gasteiger partial charge in [-0.15, -0.1) is 0 Å². The van der Waals surface area contributed by atoms with Crippen LogP contribution in [0.15, 0.2) is 30.3 Å². The first-order valence-electron chi connectivity index (χ1n) is 6.78. The van der Waals surface area contributed by atoms with Crippen LogP contribution in [-0.4, -0.2) is 27.3 Å². The van der Waals surface area contributed by atoms with Crippen LogP contribution in [0, 0.1) is 6.92 Å². The standard InChI is InChI=1S/C15H18ClN3O2/c1-3-19-14(13(16)10(2)18-19)15(21)17-9-12(20)11-7-5-4-6-8-11/h4-8,12,20H,3,9H2,1-2H3,(H,17,21). The van der Waals surface area contributed by atoms with Crippen LogP contribution in [0.5, 0.6) is 0 Å². The van der Waals surface area contributed by atoms with E-state index in [-0.39, 0.29) is 12.5 Å². The van der Waals surface area contributed by atoms with E-state index in [4.69, 9.17) is 11.6 Å². The summed E-state index contributed by atoms with van der Waals surface area (Å²) in [5.41, 5.74) is 1.70. The molecule has 2 aromatic rings. The highest BCUT2D eigenvalue weighted by Crippen LogP contribution is 2.20. The third kappa shape index (κ3) is 3.43. The van der Waals surface area contributed by atoms with Crippen molar-refractivity contribution in [3.05, 3.63) is 52.3 Å². The van der Waals surface area contributed by atoms with Crippen LogP contribution < -0.4 is 5.32 Å². The second-order valence-corrected chi connectivity index (χ2v) is 5.08. The van der Waals surface area contributed by atoms with Gasteiger partial charge in [-0.05, 0) is 19.4 Å². The number of carbonyl (C=O) groups excluding carboxylic acids is 1. The fourth-order valence-corrected chi connectivity index (χ4v) is 2.29. The Morgan fingerprint density at radius 2 is 2.10 bits per heavy atom. The molecule has 0 saturated carbocycles. The number of benzene rings is 1. The first-order chi connectivity index (χ1) is 10.0. The maximum Gasteiger partial charge on any atom is 0.271 e.